The molecule has 1 aliphatic heterocycles. The molecule has 2 N–H and O–H groups in total. The standard InChI is InChI=1S/C10H20N2O2/c1-3-11-10(13)8(2)14-7-9-5-4-6-12-9/h8-9,12H,3-7H2,1-2H3,(H,11,13). The molecule has 4 nitrogen and oxygen atoms in total. The van der Waals surface area contributed by atoms with Crippen LogP contribution >= 0.6 is 0 Å². The molecule has 0 bridgehead atoms. The van der Waals surface area contributed by atoms with E-state index in [0.29, 0.717) is 19.2 Å². The van der Waals surface area contributed by atoms with E-state index in [1.54, 1.807) is 6.92 Å². The first-order valence-corrected chi connectivity index (χ1v) is 5.36. The lowest BCUT2D eigenvalue weighted by Crippen LogP contribution is -2.37. The summed E-state index contributed by atoms with van der Waals surface area (Å²) in [6.07, 6.45) is 2.03. The summed E-state index contributed by atoms with van der Waals surface area (Å²) in [7, 11) is 0. The summed E-state index contributed by atoms with van der Waals surface area (Å²) < 4.78 is 5.47. The predicted molar refractivity (Wildman–Crippen MR) is 55.1 cm³/mol. The van der Waals surface area contributed by atoms with Crippen LogP contribution in [0, 0.1) is 0 Å². The Bertz CT molecular complexity index is 179. The molecule has 0 radical (unpaired) electrons. The van der Waals surface area contributed by atoms with Gasteiger partial charge in [0.1, 0.15) is 6.10 Å². The van der Waals surface area contributed by atoms with Crippen molar-refractivity contribution in [3.05, 3.63) is 0 Å². The fraction of sp³-hybridized carbons (Fsp3) is 0.900. The number of likely N-dealkylation sites (N-methyl/N-ethyl adjacent to an activating group) is 1. The zero-order valence-electron chi connectivity index (χ0n) is 9.01. The molecule has 0 aliphatic carbocycles. The highest BCUT2D eigenvalue weighted by Crippen LogP contribution is 2.06. The molecule has 2 atom stereocenters. The molecule has 82 valence electrons. The summed E-state index contributed by atoms with van der Waals surface area (Å²) in [5.74, 6) is -0.0227. The molecule has 14 heavy (non-hydrogen) atoms. The minimum atomic E-state index is -0.336. The van der Waals surface area contributed by atoms with Crippen LogP contribution in [-0.4, -0.2) is 37.7 Å². The Balaban J connectivity index is 2.13. The summed E-state index contributed by atoms with van der Waals surface area (Å²) in [5, 5.41) is 6.06. The first-order valence-electron chi connectivity index (χ1n) is 5.36. The number of nitrogens with one attached hydrogen (secondary N) is 2. The average molecular weight is 200 g/mol. The number of carbonyl (C=O) groups is 1. The summed E-state index contributed by atoms with van der Waals surface area (Å²) in [6.45, 7) is 6.07. The lowest BCUT2D eigenvalue weighted by atomic mass is 10.2. The van der Waals surface area contributed by atoms with E-state index in [9.17, 15) is 4.79 Å². The second kappa shape index (κ2) is 5.98. The van der Waals surface area contributed by atoms with Crippen molar-refractivity contribution in [1.29, 1.82) is 0 Å². The summed E-state index contributed by atoms with van der Waals surface area (Å²) in [6, 6.07) is 0.437. The highest BCUT2D eigenvalue weighted by atomic mass is 16.5. The molecule has 1 heterocycles. The largest absolute Gasteiger partial charge is 0.367 e. The first kappa shape index (κ1) is 11.5. The molecule has 1 saturated heterocycles. The Morgan fingerprint density at radius 2 is 2.50 bits per heavy atom. The van der Waals surface area contributed by atoms with Gasteiger partial charge < -0.3 is 15.4 Å². The Labute approximate surface area is 85.4 Å². The van der Waals surface area contributed by atoms with Crippen LogP contribution in [0.1, 0.15) is 26.7 Å². The number of ether oxygens (including phenoxy) is 1. The van der Waals surface area contributed by atoms with Crippen LogP contribution in [0.2, 0.25) is 0 Å². The number of hydrogen-bond acceptors (Lipinski definition) is 3. The number of rotatable bonds is 5. The lowest BCUT2D eigenvalue weighted by molar-refractivity contribution is -0.131. The lowest BCUT2D eigenvalue weighted by Gasteiger charge is -2.15. The van der Waals surface area contributed by atoms with Crippen LogP contribution in [0.3, 0.4) is 0 Å². The molecular weight excluding hydrogens is 180 g/mol. The minimum Gasteiger partial charge on any atom is -0.367 e. The van der Waals surface area contributed by atoms with E-state index in [4.69, 9.17) is 4.74 Å². The number of hydrogen-bond donors (Lipinski definition) is 2. The number of carbonyl (C=O) groups excluding carboxylic acids is 1. The van der Waals surface area contributed by atoms with Crippen LogP contribution in [0.4, 0.5) is 0 Å². The van der Waals surface area contributed by atoms with E-state index in [-0.39, 0.29) is 12.0 Å². The fourth-order valence-corrected chi connectivity index (χ4v) is 1.55. The van der Waals surface area contributed by atoms with Gasteiger partial charge in [-0.25, -0.2) is 0 Å². The van der Waals surface area contributed by atoms with Crippen molar-refractivity contribution < 1.29 is 9.53 Å². The molecule has 4 heteroatoms. The van der Waals surface area contributed by atoms with E-state index < -0.39 is 0 Å². The molecule has 1 amide bonds. The molecule has 1 fully saturated rings. The smallest absolute Gasteiger partial charge is 0.248 e. The second-order valence-electron chi connectivity index (χ2n) is 3.66. The Morgan fingerprint density at radius 1 is 1.71 bits per heavy atom. The fourth-order valence-electron chi connectivity index (χ4n) is 1.55. The van der Waals surface area contributed by atoms with Crippen LogP contribution < -0.4 is 10.6 Å². The van der Waals surface area contributed by atoms with Gasteiger partial charge in [-0.2, -0.15) is 0 Å². The summed E-state index contributed by atoms with van der Waals surface area (Å²) in [5.41, 5.74) is 0. The Hall–Kier alpha value is -0.610. The molecule has 0 saturated carbocycles. The van der Waals surface area contributed by atoms with Crippen molar-refractivity contribution in [2.45, 2.75) is 38.8 Å². The van der Waals surface area contributed by atoms with Crippen molar-refractivity contribution in [3.8, 4) is 0 Å². The van der Waals surface area contributed by atoms with Crippen molar-refractivity contribution >= 4 is 5.91 Å². The van der Waals surface area contributed by atoms with Crippen molar-refractivity contribution in [3.63, 3.8) is 0 Å². The maximum atomic E-state index is 11.3. The zero-order chi connectivity index (χ0) is 10.4. The Morgan fingerprint density at radius 3 is 3.07 bits per heavy atom. The van der Waals surface area contributed by atoms with Crippen LogP contribution in [-0.2, 0) is 9.53 Å². The van der Waals surface area contributed by atoms with Gasteiger partial charge in [0.25, 0.3) is 0 Å². The van der Waals surface area contributed by atoms with Crippen molar-refractivity contribution in [1.82, 2.24) is 10.6 Å². The predicted octanol–water partition coefficient (Wildman–Crippen LogP) is 0.280. The maximum Gasteiger partial charge on any atom is 0.248 e. The van der Waals surface area contributed by atoms with E-state index >= 15 is 0 Å². The van der Waals surface area contributed by atoms with Gasteiger partial charge in [0.05, 0.1) is 6.61 Å². The van der Waals surface area contributed by atoms with Crippen molar-refractivity contribution in [2.24, 2.45) is 0 Å². The van der Waals surface area contributed by atoms with Crippen LogP contribution in [0.5, 0.6) is 0 Å². The molecule has 2 unspecified atom stereocenters. The second-order valence-corrected chi connectivity index (χ2v) is 3.66. The minimum absolute atomic E-state index is 0.0227. The molecule has 1 rings (SSSR count). The Kier molecular flexibility index (Phi) is 4.90. The SMILES string of the molecule is CCNC(=O)C(C)OCC1CCCN1. The third-order valence-corrected chi connectivity index (χ3v) is 2.43. The quantitative estimate of drug-likeness (QED) is 0.670. The van der Waals surface area contributed by atoms with Crippen LogP contribution in [0.15, 0.2) is 0 Å². The third-order valence-electron chi connectivity index (χ3n) is 2.43. The first-order chi connectivity index (χ1) is 6.74. The molecule has 0 aromatic carbocycles. The number of amides is 1. The molecule has 0 aromatic rings. The van der Waals surface area contributed by atoms with Gasteiger partial charge in [0.15, 0.2) is 0 Å². The maximum absolute atomic E-state index is 11.3. The van der Waals surface area contributed by atoms with Crippen molar-refractivity contribution in [2.75, 3.05) is 19.7 Å². The monoisotopic (exact) mass is 200 g/mol. The highest BCUT2D eigenvalue weighted by Gasteiger charge is 2.18. The van der Waals surface area contributed by atoms with E-state index in [2.05, 4.69) is 10.6 Å². The molecule has 0 aromatic heterocycles. The average Bonchev–Trinajstić information content (AvgIpc) is 2.67. The van der Waals surface area contributed by atoms with Gasteiger partial charge in [-0.3, -0.25) is 4.79 Å². The van der Waals surface area contributed by atoms with Gasteiger partial charge >= 0.3 is 0 Å². The normalized spacial score (nSPS) is 23.4. The third kappa shape index (κ3) is 3.64. The van der Waals surface area contributed by atoms with E-state index in [0.717, 1.165) is 13.0 Å². The van der Waals surface area contributed by atoms with E-state index in [1.165, 1.54) is 6.42 Å². The molecule has 1 aliphatic rings. The van der Waals surface area contributed by atoms with Gasteiger partial charge in [-0.05, 0) is 33.2 Å². The van der Waals surface area contributed by atoms with E-state index in [1.807, 2.05) is 6.92 Å². The summed E-state index contributed by atoms with van der Waals surface area (Å²) >= 11 is 0. The van der Waals surface area contributed by atoms with Gasteiger partial charge in [0, 0.05) is 12.6 Å². The van der Waals surface area contributed by atoms with Gasteiger partial charge in [-0.1, -0.05) is 0 Å². The zero-order valence-corrected chi connectivity index (χ0v) is 9.01. The van der Waals surface area contributed by atoms with Gasteiger partial charge in [-0.15, -0.1) is 0 Å². The topological polar surface area (TPSA) is 50.4 Å². The highest BCUT2D eigenvalue weighted by molar-refractivity contribution is 5.80. The van der Waals surface area contributed by atoms with Crippen LogP contribution in [0.25, 0.3) is 0 Å². The van der Waals surface area contributed by atoms with Gasteiger partial charge in [0.2, 0.25) is 5.91 Å². The molecule has 0 spiro atoms. The summed E-state index contributed by atoms with van der Waals surface area (Å²) in [4.78, 5) is 11.3. The molecular formula is C10H20N2O2.